The highest BCUT2D eigenvalue weighted by Crippen LogP contribution is 2.24. The van der Waals surface area contributed by atoms with E-state index in [0.717, 1.165) is 5.56 Å². The van der Waals surface area contributed by atoms with E-state index in [1.165, 1.54) is 5.56 Å². The van der Waals surface area contributed by atoms with Gasteiger partial charge in [0.15, 0.2) is 0 Å². The molecule has 0 radical (unpaired) electrons. The largest absolute Gasteiger partial charge is 0.497 e. The molecule has 5 heteroatoms. The number of carbonyl (C=O) groups excluding carboxylic acids is 2. The number of nitrogens with one attached hydrogen (secondary N) is 2. The number of benzene rings is 2. The first-order valence-corrected chi connectivity index (χ1v) is 9.63. The summed E-state index contributed by atoms with van der Waals surface area (Å²) in [6.07, 6.45) is 0. The van der Waals surface area contributed by atoms with Crippen LogP contribution in [0.5, 0.6) is 5.75 Å². The Morgan fingerprint density at radius 2 is 1.61 bits per heavy atom. The Hall–Kier alpha value is -2.82. The predicted octanol–water partition coefficient (Wildman–Crippen LogP) is 4.06. The number of rotatable bonds is 8. The zero-order chi connectivity index (χ0) is 20.7. The number of hydrogen-bond donors (Lipinski definition) is 2. The molecule has 0 fully saturated rings. The van der Waals surface area contributed by atoms with E-state index in [4.69, 9.17) is 4.74 Å². The van der Waals surface area contributed by atoms with E-state index in [0.29, 0.717) is 17.2 Å². The van der Waals surface area contributed by atoms with Crippen LogP contribution >= 0.6 is 0 Å². The lowest BCUT2D eigenvalue weighted by Gasteiger charge is -2.23. The van der Waals surface area contributed by atoms with Gasteiger partial charge >= 0.3 is 0 Å². The molecular formula is C23H30N2O3. The zero-order valence-electron chi connectivity index (χ0n) is 17.3. The Bertz CT molecular complexity index is 798. The third-order valence-corrected chi connectivity index (χ3v) is 4.69. The average molecular weight is 383 g/mol. The Morgan fingerprint density at radius 1 is 0.964 bits per heavy atom. The molecule has 2 aromatic rings. The molecule has 0 heterocycles. The number of hydrogen-bond acceptors (Lipinski definition) is 3. The molecule has 5 nitrogen and oxygen atoms in total. The minimum absolute atomic E-state index is 0.0800. The highest BCUT2D eigenvalue weighted by atomic mass is 16.5. The smallest absolute Gasteiger partial charge is 0.251 e. The molecule has 0 saturated carbocycles. The van der Waals surface area contributed by atoms with Crippen LogP contribution in [0.25, 0.3) is 0 Å². The summed E-state index contributed by atoms with van der Waals surface area (Å²) in [7, 11) is 1.55. The van der Waals surface area contributed by atoms with Gasteiger partial charge in [0.25, 0.3) is 5.91 Å². The van der Waals surface area contributed by atoms with Crippen molar-refractivity contribution in [3.63, 3.8) is 0 Å². The molecule has 150 valence electrons. The third-order valence-electron chi connectivity index (χ3n) is 4.69. The van der Waals surface area contributed by atoms with Gasteiger partial charge in [-0.1, -0.05) is 58.0 Å². The minimum atomic E-state index is -0.309. The maximum Gasteiger partial charge on any atom is 0.251 e. The van der Waals surface area contributed by atoms with Gasteiger partial charge in [-0.25, -0.2) is 0 Å². The topological polar surface area (TPSA) is 67.4 Å². The summed E-state index contributed by atoms with van der Waals surface area (Å²) in [5.74, 6) is 0.761. The molecule has 0 saturated heterocycles. The van der Waals surface area contributed by atoms with Gasteiger partial charge in [-0.2, -0.15) is 0 Å². The van der Waals surface area contributed by atoms with Crippen LogP contribution in [0.15, 0.2) is 48.5 Å². The van der Waals surface area contributed by atoms with E-state index in [2.05, 4.69) is 62.6 Å². The Morgan fingerprint density at radius 3 is 2.18 bits per heavy atom. The van der Waals surface area contributed by atoms with Crippen LogP contribution in [0.4, 0.5) is 0 Å². The van der Waals surface area contributed by atoms with E-state index in [9.17, 15) is 9.59 Å². The van der Waals surface area contributed by atoms with Crippen molar-refractivity contribution in [2.24, 2.45) is 5.92 Å². The van der Waals surface area contributed by atoms with Crippen molar-refractivity contribution in [1.29, 1.82) is 0 Å². The van der Waals surface area contributed by atoms with E-state index < -0.39 is 0 Å². The minimum Gasteiger partial charge on any atom is -0.497 e. The average Bonchev–Trinajstić information content (AvgIpc) is 2.70. The SMILES string of the molecule is COc1cccc(C(=O)NCC(=O)NC(c2ccc(C(C)C)cc2)C(C)C)c1. The summed E-state index contributed by atoms with van der Waals surface area (Å²) in [5.41, 5.74) is 2.78. The first-order valence-electron chi connectivity index (χ1n) is 9.63. The fraction of sp³-hybridized carbons (Fsp3) is 0.391. The van der Waals surface area contributed by atoms with Crippen LogP contribution in [0.2, 0.25) is 0 Å². The van der Waals surface area contributed by atoms with Crippen LogP contribution in [-0.2, 0) is 4.79 Å². The van der Waals surface area contributed by atoms with Crippen molar-refractivity contribution in [2.45, 2.75) is 39.7 Å². The van der Waals surface area contributed by atoms with Gasteiger partial charge in [-0.3, -0.25) is 9.59 Å². The molecule has 2 rings (SSSR count). The summed E-state index contributed by atoms with van der Waals surface area (Å²) in [4.78, 5) is 24.7. The van der Waals surface area contributed by atoms with E-state index in [-0.39, 0.29) is 30.3 Å². The van der Waals surface area contributed by atoms with Gasteiger partial charge in [0.05, 0.1) is 19.7 Å². The predicted molar refractivity (Wildman–Crippen MR) is 112 cm³/mol. The third kappa shape index (κ3) is 5.84. The number of carbonyl (C=O) groups is 2. The standard InChI is InChI=1S/C23H30N2O3/c1-15(2)17-9-11-18(12-10-17)22(16(3)4)25-21(26)14-24-23(27)19-7-6-8-20(13-19)28-5/h6-13,15-16,22H,14H2,1-5H3,(H,24,27)(H,25,26). The van der Waals surface area contributed by atoms with Crippen LogP contribution in [0.3, 0.4) is 0 Å². The van der Waals surface area contributed by atoms with Gasteiger partial charge in [0.2, 0.25) is 5.91 Å². The maximum absolute atomic E-state index is 12.4. The highest BCUT2D eigenvalue weighted by Gasteiger charge is 2.19. The summed E-state index contributed by atoms with van der Waals surface area (Å²) >= 11 is 0. The lowest BCUT2D eigenvalue weighted by molar-refractivity contribution is -0.121. The highest BCUT2D eigenvalue weighted by molar-refractivity contribution is 5.96. The summed E-state index contributed by atoms with van der Waals surface area (Å²) in [6.45, 7) is 8.36. The molecule has 28 heavy (non-hydrogen) atoms. The van der Waals surface area contributed by atoms with Gasteiger partial charge in [-0.05, 0) is 41.2 Å². The summed E-state index contributed by atoms with van der Waals surface area (Å²) in [6, 6.07) is 15.1. The second-order valence-corrected chi connectivity index (χ2v) is 7.53. The quantitative estimate of drug-likeness (QED) is 0.723. The fourth-order valence-corrected chi connectivity index (χ4v) is 2.97. The van der Waals surface area contributed by atoms with Crippen molar-refractivity contribution < 1.29 is 14.3 Å². The van der Waals surface area contributed by atoms with E-state index in [1.807, 2.05) is 0 Å². The van der Waals surface area contributed by atoms with Gasteiger partial charge in [-0.15, -0.1) is 0 Å². The summed E-state index contributed by atoms with van der Waals surface area (Å²) < 4.78 is 5.12. The number of amides is 2. The second kappa shape index (κ2) is 9.93. The molecule has 0 spiro atoms. The van der Waals surface area contributed by atoms with Crippen molar-refractivity contribution in [1.82, 2.24) is 10.6 Å². The zero-order valence-corrected chi connectivity index (χ0v) is 17.3. The molecule has 0 aromatic heterocycles. The second-order valence-electron chi connectivity index (χ2n) is 7.53. The maximum atomic E-state index is 12.4. The van der Waals surface area contributed by atoms with Crippen LogP contribution in [0, 0.1) is 5.92 Å². The number of ether oxygens (including phenoxy) is 1. The van der Waals surface area contributed by atoms with Gasteiger partial charge < -0.3 is 15.4 Å². The Kier molecular flexibility index (Phi) is 7.61. The van der Waals surface area contributed by atoms with Crippen molar-refractivity contribution >= 4 is 11.8 Å². The first kappa shape index (κ1) is 21.5. The van der Waals surface area contributed by atoms with Crippen LogP contribution < -0.4 is 15.4 Å². The lowest BCUT2D eigenvalue weighted by atomic mass is 9.93. The first-order chi connectivity index (χ1) is 13.3. The lowest BCUT2D eigenvalue weighted by Crippen LogP contribution is -2.40. The Balaban J connectivity index is 1.97. The summed E-state index contributed by atoms with van der Waals surface area (Å²) in [5, 5.41) is 5.70. The molecule has 2 N–H and O–H groups in total. The van der Waals surface area contributed by atoms with Gasteiger partial charge in [0, 0.05) is 5.56 Å². The molecule has 1 atom stereocenters. The number of methoxy groups -OCH3 is 1. The van der Waals surface area contributed by atoms with Crippen molar-refractivity contribution in [3.8, 4) is 5.75 Å². The van der Waals surface area contributed by atoms with Crippen molar-refractivity contribution in [2.75, 3.05) is 13.7 Å². The van der Waals surface area contributed by atoms with E-state index >= 15 is 0 Å². The molecule has 2 aromatic carbocycles. The Labute approximate surface area is 167 Å². The van der Waals surface area contributed by atoms with Gasteiger partial charge in [0.1, 0.15) is 5.75 Å². The van der Waals surface area contributed by atoms with Crippen molar-refractivity contribution in [3.05, 3.63) is 65.2 Å². The monoisotopic (exact) mass is 382 g/mol. The normalized spacial score (nSPS) is 12.0. The fourth-order valence-electron chi connectivity index (χ4n) is 2.97. The molecule has 0 aliphatic rings. The van der Waals surface area contributed by atoms with Crippen LogP contribution in [-0.4, -0.2) is 25.5 Å². The molecule has 0 bridgehead atoms. The molecule has 0 aliphatic heterocycles. The molecule has 1 unspecified atom stereocenters. The molecular weight excluding hydrogens is 352 g/mol. The van der Waals surface area contributed by atoms with Crippen LogP contribution in [0.1, 0.15) is 61.1 Å². The molecule has 0 aliphatic carbocycles. The van der Waals surface area contributed by atoms with E-state index in [1.54, 1.807) is 31.4 Å². The molecule has 2 amide bonds.